The molecule has 3 aromatic rings. The molecule has 4 N–H and O–H groups in total. The number of pyridine rings is 1. The maximum absolute atomic E-state index is 12.2. The van der Waals surface area contributed by atoms with E-state index in [0.717, 1.165) is 38.5 Å². The number of primary amides is 1. The average molecular weight is 442 g/mol. The highest BCUT2D eigenvalue weighted by molar-refractivity contribution is 7.20. The maximum Gasteiger partial charge on any atom is 0.259 e. The molecule has 0 unspecified atom stereocenters. The van der Waals surface area contributed by atoms with Crippen LogP contribution in [0.25, 0.3) is 10.2 Å². The van der Waals surface area contributed by atoms with E-state index in [1.54, 1.807) is 0 Å². The first kappa shape index (κ1) is 16.9. The smallest absolute Gasteiger partial charge is 0.259 e. The molecule has 1 amide bonds. The molecule has 0 bridgehead atoms. The summed E-state index contributed by atoms with van der Waals surface area (Å²) in [5.41, 5.74) is 15.6. The summed E-state index contributed by atoms with van der Waals surface area (Å²) >= 11 is 1.33. The molecule has 4 heterocycles. The van der Waals surface area contributed by atoms with Crippen LogP contribution in [-0.4, -0.2) is 49.8 Å². The number of methoxy groups -OCH3 is 1. The maximum atomic E-state index is 12.2. The second-order valence-electron chi connectivity index (χ2n) is 8.24. The summed E-state index contributed by atoms with van der Waals surface area (Å²) in [5.74, 6) is 0.309. The Kier molecular flexibility index (Phi) is 4.25. The standard InChI is InChI=1S/C23H26N4O3S/c1-12-3-6-16-20(21(22(25)28)31-23(16)26-12)14-7-13-4-5-15(8-18(13)30-11-14)27-9-17(24)19(10-27)29-2/h3-6,8,14,17,19H,7,9-11,24H2,1-2H3,(H2,25,28)/t14-,17-,19-/m0/s1/i2D3. The van der Waals surface area contributed by atoms with Crippen molar-refractivity contribution in [1.82, 2.24) is 4.98 Å². The van der Waals surface area contributed by atoms with Crippen molar-refractivity contribution in [3.63, 3.8) is 0 Å². The number of anilines is 1. The molecule has 0 aliphatic carbocycles. The molecule has 7 nitrogen and oxygen atoms in total. The van der Waals surface area contributed by atoms with Gasteiger partial charge >= 0.3 is 0 Å². The van der Waals surface area contributed by atoms with Gasteiger partial charge in [0.25, 0.3) is 5.91 Å². The predicted molar refractivity (Wildman–Crippen MR) is 122 cm³/mol. The SMILES string of the molecule is [2H]C([2H])([2H])O[C@H]1CN(c2ccc3c(c2)OC[C@@H](c2c(C(N)=O)sc4nc(C)ccc24)C3)C[C@@H]1N. The van der Waals surface area contributed by atoms with Crippen molar-refractivity contribution in [2.45, 2.75) is 31.4 Å². The molecule has 5 rings (SSSR count). The molecule has 2 aromatic heterocycles. The number of aryl methyl sites for hydroxylation is 1. The molecular formula is C23H26N4O3S. The minimum Gasteiger partial charge on any atom is -0.493 e. The van der Waals surface area contributed by atoms with Crippen molar-refractivity contribution in [1.29, 1.82) is 0 Å². The number of ether oxygens (including phenoxy) is 2. The number of carbonyl (C=O) groups is 1. The van der Waals surface area contributed by atoms with E-state index in [-0.39, 0.29) is 5.92 Å². The lowest BCUT2D eigenvalue weighted by molar-refractivity contribution is 0.100. The lowest BCUT2D eigenvalue weighted by Gasteiger charge is -2.28. The Hall–Kier alpha value is -2.68. The number of hydrogen-bond acceptors (Lipinski definition) is 7. The lowest BCUT2D eigenvalue weighted by atomic mass is 9.88. The highest BCUT2D eigenvalue weighted by Gasteiger charge is 2.32. The van der Waals surface area contributed by atoms with Crippen molar-refractivity contribution < 1.29 is 18.4 Å². The summed E-state index contributed by atoms with van der Waals surface area (Å²) < 4.78 is 33.4. The molecule has 2 aliphatic rings. The number of amides is 1. The summed E-state index contributed by atoms with van der Waals surface area (Å²) in [7, 11) is -2.48. The van der Waals surface area contributed by atoms with Gasteiger partial charge in [0.05, 0.1) is 27.7 Å². The van der Waals surface area contributed by atoms with E-state index in [1.165, 1.54) is 11.3 Å². The summed E-state index contributed by atoms with van der Waals surface area (Å²) in [6, 6.07) is 9.52. The van der Waals surface area contributed by atoms with Gasteiger partial charge in [0, 0.05) is 48.9 Å². The first-order chi connectivity index (χ1) is 16.1. The molecule has 1 saturated heterocycles. The number of rotatable bonds is 4. The van der Waals surface area contributed by atoms with Crippen LogP contribution < -0.4 is 21.1 Å². The second-order valence-corrected chi connectivity index (χ2v) is 9.24. The van der Waals surface area contributed by atoms with E-state index in [9.17, 15) is 4.79 Å². The number of thiophene rings is 1. The highest BCUT2D eigenvalue weighted by atomic mass is 32.1. The van der Waals surface area contributed by atoms with Gasteiger partial charge in [0.15, 0.2) is 0 Å². The van der Waals surface area contributed by atoms with Gasteiger partial charge < -0.3 is 25.8 Å². The number of nitrogens with zero attached hydrogens (tertiary/aromatic N) is 2. The average Bonchev–Trinajstić information content (AvgIpc) is 3.32. The van der Waals surface area contributed by atoms with Crippen LogP contribution >= 0.6 is 11.3 Å². The van der Waals surface area contributed by atoms with Crippen molar-refractivity contribution in [2.24, 2.45) is 11.5 Å². The molecule has 3 atom stereocenters. The fourth-order valence-corrected chi connectivity index (χ4v) is 5.71. The molecule has 1 fully saturated rings. The first-order valence-electron chi connectivity index (χ1n) is 11.7. The molecule has 31 heavy (non-hydrogen) atoms. The molecule has 1 aromatic carbocycles. The zero-order valence-corrected chi connectivity index (χ0v) is 17.9. The van der Waals surface area contributed by atoms with E-state index < -0.39 is 25.1 Å². The first-order valence-corrected chi connectivity index (χ1v) is 11.0. The van der Waals surface area contributed by atoms with Crippen molar-refractivity contribution in [3.05, 3.63) is 52.0 Å². The number of hydrogen-bond donors (Lipinski definition) is 2. The molecule has 2 aliphatic heterocycles. The van der Waals surface area contributed by atoms with E-state index in [2.05, 4.69) is 4.98 Å². The number of aromatic nitrogens is 1. The van der Waals surface area contributed by atoms with E-state index in [4.69, 9.17) is 25.1 Å². The highest BCUT2D eigenvalue weighted by Crippen LogP contribution is 2.41. The molecule has 0 radical (unpaired) electrons. The Morgan fingerprint density at radius 1 is 1.35 bits per heavy atom. The second kappa shape index (κ2) is 7.78. The van der Waals surface area contributed by atoms with Crippen LogP contribution in [0.4, 0.5) is 5.69 Å². The van der Waals surface area contributed by atoms with Crippen LogP contribution in [0.1, 0.15) is 36.5 Å². The van der Waals surface area contributed by atoms with Crippen molar-refractivity contribution >= 4 is 33.1 Å². The Balaban J connectivity index is 1.39. The van der Waals surface area contributed by atoms with Crippen LogP contribution in [0.5, 0.6) is 5.75 Å². The normalized spacial score (nSPS) is 24.9. The van der Waals surface area contributed by atoms with Gasteiger partial charge in [-0.2, -0.15) is 0 Å². The minimum atomic E-state index is -2.48. The number of carbonyl (C=O) groups excluding carboxylic acids is 1. The van der Waals surface area contributed by atoms with Gasteiger partial charge in [-0.05, 0) is 42.7 Å². The van der Waals surface area contributed by atoms with Gasteiger partial charge in [-0.1, -0.05) is 6.07 Å². The molecular weight excluding hydrogens is 412 g/mol. The van der Waals surface area contributed by atoms with Crippen LogP contribution in [-0.2, 0) is 11.2 Å². The molecule has 162 valence electrons. The molecule has 0 saturated carbocycles. The van der Waals surface area contributed by atoms with Crippen molar-refractivity contribution in [2.75, 3.05) is 31.6 Å². The molecule has 8 heteroatoms. The quantitative estimate of drug-likeness (QED) is 0.645. The van der Waals surface area contributed by atoms with Gasteiger partial charge in [-0.25, -0.2) is 4.98 Å². The topological polar surface area (TPSA) is 104 Å². The number of fused-ring (bicyclic) bond motifs is 2. The third-order valence-electron chi connectivity index (χ3n) is 6.15. The van der Waals surface area contributed by atoms with Crippen LogP contribution in [0.2, 0.25) is 0 Å². The molecule has 0 spiro atoms. The Labute approximate surface area is 189 Å². The van der Waals surface area contributed by atoms with Crippen LogP contribution in [0.3, 0.4) is 0 Å². The lowest BCUT2D eigenvalue weighted by Crippen LogP contribution is -2.34. The fraction of sp³-hybridized carbons (Fsp3) is 0.391. The van der Waals surface area contributed by atoms with Gasteiger partial charge in [0.2, 0.25) is 0 Å². The summed E-state index contributed by atoms with van der Waals surface area (Å²) in [6.45, 7) is 3.24. The predicted octanol–water partition coefficient (Wildman–Crippen LogP) is 2.58. The Bertz CT molecular complexity index is 1260. The Morgan fingerprint density at radius 2 is 2.23 bits per heavy atom. The monoisotopic (exact) mass is 441 g/mol. The van der Waals surface area contributed by atoms with Crippen molar-refractivity contribution in [3.8, 4) is 5.75 Å². The third-order valence-corrected chi connectivity index (χ3v) is 7.28. The van der Waals surface area contributed by atoms with Crippen LogP contribution in [0.15, 0.2) is 30.3 Å². The van der Waals surface area contributed by atoms with E-state index in [1.807, 2.05) is 42.2 Å². The summed E-state index contributed by atoms with van der Waals surface area (Å²) in [5, 5.41) is 0.949. The largest absolute Gasteiger partial charge is 0.493 e. The van der Waals surface area contributed by atoms with Gasteiger partial charge in [-0.3, -0.25) is 4.79 Å². The van der Waals surface area contributed by atoms with Crippen LogP contribution in [0, 0.1) is 6.92 Å². The number of nitrogens with two attached hydrogens (primary N) is 2. The zero-order valence-electron chi connectivity index (χ0n) is 20.1. The van der Waals surface area contributed by atoms with Gasteiger partial charge in [-0.15, -0.1) is 11.3 Å². The zero-order chi connectivity index (χ0) is 24.2. The third kappa shape index (κ3) is 3.54. The van der Waals surface area contributed by atoms with E-state index in [0.29, 0.717) is 31.0 Å². The summed E-state index contributed by atoms with van der Waals surface area (Å²) in [4.78, 5) is 20.1. The van der Waals surface area contributed by atoms with Gasteiger partial charge in [0.1, 0.15) is 10.6 Å². The van der Waals surface area contributed by atoms with E-state index >= 15 is 0 Å². The minimum absolute atomic E-state index is 0.0172. The summed E-state index contributed by atoms with van der Waals surface area (Å²) in [6.07, 6.45) is 0.144. The number of benzene rings is 1. The fourth-order valence-electron chi connectivity index (χ4n) is 4.56. The Morgan fingerprint density at radius 3 is 3.03 bits per heavy atom.